The molecule has 7 atom stereocenters. The summed E-state index contributed by atoms with van der Waals surface area (Å²) in [6.45, 7) is 10.2. The molecule has 13 heteroatoms. The number of hydrogen-bond acceptors (Lipinski definition) is 8. The van der Waals surface area contributed by atoms with Gasteiger partial charge in [0.15, 0.2) is 0 Å². The van der Waals surface area contributed by atoms with Gasteiger partial charge in [0.1, 0.15) is 24.2 Å². The van der Waals surface area contributed by atoms with E-state index in [9.17, 15) is 24.0 Å². The first-order valence-corrected chi connectivity index (χ1v) is 20.9. The molecule has 310 valence electrons. The van der Waals surface area contributed by atoms with Crippen LogP contribution in [0.5, 0.6) is 0 Å². The molecule has 8 N–H and O–H groups in total. The van der Waals surface area contributed by atoms with Crippen molar-refractivity contribution in [2.75, 3.05) is 20.2 Å². The summed E-state index contributed by atoms with van der Waals surface area (Å²) in [5, 5.41) is 11.7. The van der Waals surface area contributed by atoms with Crippen LogP contribution >= 0.6 is 0 Å². The average molecular weight is 770 g/mol. The van der Waals surface area contributed by atoms with Gasteiger partial charge in [-0.25, -0.2) is 0 Å². The van der Waals surface area contributed by atoms with Crippen molar-refractivity contribution in [3.63, 3.8) is 0 Å². The van der Waals surface area contributed by atoms with E-state index in [0.717, 1.165) is 68.9 Å². The third-order valence-corrected chi connectivity index (χ3v) is 11.2. The summed E-state index contributed by atoms with van der Waals surface area (Å²) in [5.41, 5.74) is 13.8. The summed E-state index contributed by atoms with van der Waals surface area (Å²) in [5.74, 6) is -2.75. The fourth-order valence-electron chi connectivity index (χ4n) is 7.73. The fourth-order valence-corrected chi connectivity index (χ4v) is 7.73. The fraction of sp³-hybridized carbons (Fsp3) is 0.738. The van der Waals surface area contributed by atoms with E-state index >= 15 is 0 Å². The summed E-state index contributed by atoms with van der Waals surface area (Å²) in [6.07, 6.45) is 9.75. The standard InChI is InChI=1S/C42H71N7O6/c1-7-8-9-13-16-36-29(5)42(54)49(6)35(23-27(2)3)40(52)48-37(32-14-11-10-12-15-32)41(53)47-34(25-44)39(51)46-33(38(50)45-28(4)26-55-36)22-21-30-17-19-31(24-43)20-18-30/h17-20,27-29,32-37H,7-16,21-26,43-44H2,1-6H3,(H,45,50)(H,46,51)(H,47,53)(H,48,52)/t28-,29-,33+,34+,35+,36-,37+/m1/s1. The molecule has 5 amide bonds. The Morgan fingerprint density at radius 1 is 0.782 bits per heavy atom. The number of amides is 5. The normalized spacial score (nSPS) is 27.4. The van der Waals surface area contributed by atoms with Crippen LogP contribution in [0.25, 0.3) is 0 Å². The van der Waals surface area contributed by atoms with Gasteiger partial charge >= 0.3 is 0 Å². The Morgan fingerprint density at radius 2 is 1.42 bits per heavy atom. The molecule has 0 unspecified atom stereocenters. The first-order chi connectivity index (χ1) is 26.3. The van der Waals surface area contributed by atoms with Crippen molar-refractivity contribution in [2.24, 2.45) is 29.2 Å². The van der Waals surface area contributed by atoms with Crippen molar-refractivity contribution in [1.82, 2.24) is 26.2 Å². The lowest BCUT2D eigenvalue weighted by atomic mass is 9.83. The molecule has 0 radical (unpaired) electrons. The van der Waals surface area contributed by atoms with Crippen molar-refractivity contribution in [3.05, 3.63) is 35.4 Å². The minimum atomic E-state index is -1.15. The minimum Gasteiger partial charge on any atom is -0.375 e. The number of nitrogens with two attached hydrogens (primary N) is 2. The van der Waals surface area contributed by atoms with Gasteiger partial charge in [0.25, 0.3) is 0 Å². The van der Waals surface area contributed by atoms with E-state index in [0.29, 0.717) is 25.8 Å². The van der Waals surface area contributed by atoms with Crippen molar-refractivity contribution >= 4 is 29.5 Å². The molecule has 1 aliphatic carbocycles. The number of aryl methyl sites for hydroxylation is 1. The molecule has 0 aromatic heterocycles. The number of likely N-dealkylation sites (N-methyl/N-ethyl adjacent to an activating group) is 1. The zero-order chi connectivity index (χ0) is 40.5. The van der Waals surface area contributed by atoms with Gasteiger partial charge in [-0.2, -0.15) is 0 Å². The van der Waals surface area contributed by atoms with E-state index in [4.69, 9.17) is 16.2 Å². The predicted octanol–water partition coefficient (Wildman–Crippen LogP) is 3.45. The third-order valence-electron chi connectivity index (χ3n) is 11.2. The molecule has 1 aromatic carbocycles. The van der Waals surface area contributed by atoms with Gasteiger partial charge in [0.05, 0.1) is 18.6 Å². The van der Waals surface area contributed by atoms with E-state index in [2.05, 4.69) is 28.2 Å². The first-order valence-electron chi connectivity index (χ1n) is 20.9. The average Bonchev–Trinajstić information content (AvgIpc) is 3.18. The lowest BCUT2D eigenvalue weighted by Crippen LogP contribution is -2.61. The summed E-state index contributed by atoms with van der Waals surface area (Å²) in [7, 11) is 1.65. The summed E-state index contributed by atoms with van der Waals surface area (Å²) >= 11 is 0. The molecule has 1 saturated carbocycles. The molecule has 1 aliphatic heterocycles. The highest BCUT2D eigenvalue weighted by Gasteiger charge is 2.39. The molecule has 1 saturated heterocycles. The largest absolute Gasteiger partial charge is 0.375 e. The summed E-state index contributed by atoms with van der Waals surface area (Å²) in [4.78, 5) is 71.9. The van der Waals surface area contributed by atoms with Gasteiger partial charge in [0, 0.05) is 26.2 Å². The maximum atomic E-state index is 14.3. The molecule has 2 fully saturated rings. The van der Waals surface area contributed by atoms with Crippen LogP contribution in [0.15, 0.2) is 24.3 Å². The number of unbranched alkanes of at least 4 members (excludes halogenated alkanes) is 3. The topological polar surface area (TPSA) is 198 Å². The lowest BCUT2D eigenvalue weighted by molar-refractivity contribution is -0.147. The molecule has 55 heavy (non-hydrogen) atoms. The van der Waals surface area contributed by atoms with Crippen molar-refractivity contribution in [2.45, 2.75) is 161 Å². The first kappa shape index (κ1) is 45.8. The van der Waals surface area contributed by atoms with Crippen molar-refractivity contribution in [1.29, 1.82) is 0 Å². The molecular weight excluding hydrogens is 699 g/mol. The maximum Gasteiger partial charge on any atom is 0.244 e. The summed E-state index contributed by atoms with van der Waals surface area (Å²) in [6, 6.07) is 3.49. The van der Waals surface area contributed by atoms with Crippen LogP contribution in [-0.4, -0.2) is 90.9 Å². The van der Waals surface area contributed by atoms with E-state index < -0.39 is 65.9 Å². The van der Waals surface area contributed by atoms with Gasteiger partial charge in [-0.3, -0.25) is 24.0 Å². The third kappa shape index (κ3) is 14.5. The van der Waals surface area contributed by atoms with Gasteiger partial charge in [-0.15, -0.1) is 0 Å². The van der Waals surface area contributed by atoms with E-state index in [1.54, 1.807) is 7.05 Å². The van der Waals surface area contributed by atoms with Crippen LogP contribution in [0.2, 0.25) is 0 Å². The van der Waals surface area contributed by atoms with Crippen LogP contribution in [0.1, 0.15) is 123 Å². The Bertz CT molecular complexity index is 1370. The number of carbonyl (C=O) groups is 5. The van der Waals surface area contributed by atoms with Gasteiger partial charge in [-0.05, 0) is 68.4 Å². The molecule has 1 heterocycles. The quantitative estimate of drug-likeness (QED) is 0.164. The minimum absolute atomic E-state index is 0.0824. The molecule has 0 bridgehead atoms. The number of nitrogens with one attached hydrogen (secondary N) is 4. The van der Waals surface area contributed by atoms with Crippen LogP contribution in [0.3, 0.4) is 0 Å². The van der Waals surface area contributed by atoms with E-state index in [1.165, 1.54) is 4.90 Å². The molecule has 3 rings (SSSR count). The highest BCUT2D eigenvalue weighted by atomic mass is 16.5. The Labute approximate surface area is 329 Å². The zero-order valence-electron chi connectivity index (χ0n) is 34.4. The van der Waals surface area contributed by atoms with Crippen LogP contribution in [0, 0.1) is 17.8 Å². The predicted molar refractivity (Wildman–Crippen MR) is 215 cm³/mol. The Kier molecular flexibility index (Phi) is 19.6. The second kappa shape index (κ2) is 23.5. The number of hydrogen-bond donors (Lipinski definition) is 6. The highest BCUT2D eigenvalue weighted by molar-refractivity contribution is 5.96. The number of ether oxygens (including phenoxy) is 1. The van der Waals surface area contributed by atoms with Gasteiger partial charge in [0.2, 0.25) is 29.5 Å². The van der Waals surface area contributed by atoms with Crippen LogP contribution < -0.4 is 32.7 Å². The number of rotatable bonds is 13. The van der Waals surface area contributed by atoms with Crippen molar-refractivity contribution in [3.8, 4) is 0 Å². The molecule has 2 aliphatic rings. The number of carbonyl (C=O) groups excluding carboxylic acids is 5. The van der Waals surface area contributed by atoms with Crippen LogP contribution in [0.4, 0.5) is 0 Å². The number of benzene rings is 1. The monoisotopic (exact) mass is 770 g/mol. The van der Waals surface area contributed by atoms with Gasteiger partial charge in [-0.1, -0.05) is 96.9 Å². The Morgan fingerprint density at radius 3 is 2.04 bits per heavy atom. The zero-order valence-corrected chi connectivity index (χ0v) is 34.4. The highest BCUT2D eigenvalue weighted by Crippen LogP contribution is 2.28. The second-order valence-electron chi connectivity index (χ2n) is 16.3. The molecule has 0 spiro atoms. The SMILES string of the molecule is CCCCCC[C@H]1OC[C@@H](C)NC(=O)[C@H](CCc2ccc(CN)cc2)NC(=O)[C@H](CN)NC(=O)[C@H](C2CCCCC2)NC(=O)[C@H](CC(C)C)N(C)C(=O)[C@@H]1C. The maximum absolute atomic E-state index is 14.3. The van der Waals surface area contributed by atoms with Crippen molar-refractivity contribution < 1.29 is 28.7 Å². The molecule has 1 aromatic rings. The molecular formula is C42H71N7O6. The Balaban J connectivity index is 2.01. The smallest absolute Gasteiger partial charge is 0.244 e. The van der Waals surface area contributed by atoms with E-state index in [-0.39, 0.29) is 37.3 Å². The Hall–Kier alpha value is -3.55. The van der Waals surface area contributed by atoms with Gasteiger partial charge < -0.3 is 42.4 Å². The summed E-state index contributed by atoms with van der Waals surface area (Å²) < 4.78 is 6.44. The second-order valence-corrected chi connectivity index (χ2v) is 16.3. The lowest BCUT2D eigenvalue weighted by Gasteiger charge is -2.36. The number of nitrogens with zero attached hydrogens (tertiary/aromatic N) is 1. The van der Waals surface area contributed by atoms with E-state index in [1.807, 2.05) is 52.0 Å². The molecule has 13 nitrogen and oxygen atoms in total. The van der Waals surface area contributed by atoms with Crippen LogP contribution in [-0.2, 0) is 41.7 Å².